The van der Waals surface area contributed by atoms with Crippen molar-refractivity contribution in [1.82, 2.24) is 4.90 Å². The zero-order chi connectivity index (χ0) is 14.8. The maximum Gasteiger partial charge on any atom is 0.322 e. The number of anilines is 1. The summed E-state index contributed by atoms with van der Waals surface area (Å²) >= 11 is 1.66. The Morgan fingerprint density at radius 1 is 1.33 bits per heavy atom. The minimum absolute atomic E-state index is 0.0204. The number of hydrogen-bond acceptors (Lipinski definition) is 3. The lowest BCUT2D eigenvalue weighted by Crippen LogP contribution is -2.38. The van der Waals surface area contributed by atoms with Crippen LogP contribution in [0.5, 0.6) is 0 Å². The fourth-order valence-corrected chi connectivity index (χ4v) is 3.06. The first-order valence-electron chi connectivity index (χ1n) is 6.90. The number of hydrogen-bond donors (Lipinski definition) is 2. The summed E-state index contributed by atoms with van der Waals surface area (Å²) in [6.45, 7) is 0.256. The highest BCUT2D eigenvalue weighted by atomic mass is 32.1. The molecule has 1 saturated carbocycles. The number of carbonyl (C=O) groups excluding carboxylic acids is 1. The summed E-state index contributed by atoms with van der Waals surface area (Å²) in [5.41, 5.74) is 0.742. The average molecular weight is 304 g/mol. The van der Waals surface area contributed by atoms with Gasteiger partial charge in [0.2, 0.25) is 0 Å². The molecule has 6 heteroatoms. The fourth-order valence-electron chi connectivity index (χ4n) is 2.29. The zero-order valence-electron chi connectivity index (χ0n) is 11.4. The van der Waals surface area contributed by atoms with Crippen LogP contribution in [-0.4, -0.2) is 34.6 Å². The Kier molecular flexibility index (Phi) is 3.79. The Bertz CT molecular complexity index is 678. The van der Waals surface area contributed by atoms with Gasteiger partial charge in [-0.15, -0.1) is 11.3 Å². The molecule has 5 nitrogen and oxygen atoms in total. The molecular weight excluding hydrogens is 288 g/mol. The van der Waals surface area contributed by atoms with E-state index in [9.17, 15) is 9.59 Å². The molecule has 0 bridgehead atoms. The molecule has 1 fully saturated rings. The van der Waals surface area contributed by atoms with Gasteiger partial charge < -0.3 is 15.3 Å². The zero-order valence-corrected chi connectivity index (χ0v) is 12.2. The second kappa shape index (κ2) is 5.73. The number of aliphatic carboxylic acids is 1. The molecule has 0 radical (unpaired) electrons. The molecule has 0 unspecified atom stereocenters. The van der Waals surface area contributed by atoms with Crippen molar-refractivity contribution in [2.45, 2.75) is 25.3 Å². The van der Waals surface area contributed by atoms with Gasteiger partial charge in [-0.25, -0.2) is 4.79 Å². The van der Waals surface area contributed by atoms with Crippen molar-refractivity contribution in [2.24, 2.45) is 0 Å². The third kappa shape index (κ3) is 3.33. The SMILES string of the molecule is O=C(O)CCN(C(=O)Nc1ccc2sccc2c1)C1CC1. The first-order valence-corrected chi connectivity index (χ1v) is 7.78. The first kappa shape index (κ1) is 13.9. The number of amides is 2. The molecule has 0 aliphatic heterocycles. The summed E-state index contributed by atoms with van der Waals surface area (Å²) in [6.07, 6.45) is 1.89. The van der Waals surface area contributed by atoms with Crippen molar-refractivity contribution in [2.75, 3.05) is 11.9 Å². The summed E-state index contributed by atoms with van der Waals surface area (Å²) in [6, 6.07) is 7.78. The second-order valence-electron chi connectivity index (χ2n) is 5.17. The van der Waals surface area contributed by atoms with Gasteiger partial charge in [0.25, 0.3) is 0 Å². The normalized spacial score (nSPS) is 14.1. The van der Waals surface area contributed by atoms with E-state index >= 15 is 0 Å². The fraction of sp³-hybridized carbons (Fsp3) is 0.333. The smallest absolute Gasteiger partial charge is 0.322 e. The van der Waals surface area contributed by atoms with Crippen LogP contribution in [0, 0.1) is 0 Å². The number of fused-ring (bicyclic) bond motifs is 1. The molecule has 0 spiro atoms. The average Bonchev–Trinajstić information content (AvgIpc) is 3.16. The number of urea groups is 1. The number of nitrogens with zero attached hydrogens (tertiary/aromatic N) is 1. The van der Waals surface area contributed by atoms with Gasteiger partial charge in [0.15, 0.2) is 0 Å². The summed E-state index contributed by atoms with van der Waals surface area (Å²) in [5, 5.41) is 14.8. The van der Waals surface area contributed by atoms with Gasteiger partial charge in [-0.2, -0.15) is 0 Å². The molecule has 1 aromatic heterocycles. The van der Waals surface area contributed by atoms with Crippen LogP contribution in [0.15, 0.2) is 29.6 Å². The molecular formula is C15H16N2O3S. The molecule has 1 aromatic carbocycles. The van der Waals surface area contributed by atoms with Crippen molar-refractivity contribution in [3.63, 3.8) is 0 Å². The molecule has 1 aliphatic rings. The molecule has 2 aromatic rings. The van der Waals surface area contributed by atoms with Crippen LogP contribution in [0.1, 0.15) is 19.3 Å². The lowest BCUT2D eigenvalue weighted by Gasteiger charge is -2.22. The Morgan fingerprint density at radius 3 is 2.86 bits per heavy atom. The highest BCUT2D eigenvalue weighted by Crippen LogP contribution is 2.28. The van der Waals surface area contributed by atoms with Gasteiger partial charge in [0.1, 0.15) is 0 Å². The van der Waals surface area contributed by atoms with Gasteiger partial charge in [-0.1, -0.05) is 0 Å². The van der Waals surface area contributed by atoms with Gasteiger partial charge in [0.05, 0.1) is 6.42 Å². The lowest BCUT2D eigenvalue weighted by molar-refractivity contribution is -0.137. The minimum atomic E-state index is -0.881. The highest BCUT2D eigenvalue weighted by Gasteiger charge is 2.32. The van der Waals surface area contributed by atoms with Crippen LogP contribution in [-0.2, 0) is 4.79 Å². The molecule has 0 atom stereocenters. The molecule has 1 aliphatic carbocycles. The number of rotatable bonds is 5. The van der Waals surface area contributed by atoms with E-state index in [4.69, 9.17) is 5.11 Å². The van der Waals surface area contributed by atoms with Gasteiger partial charge in [0, 0.05) is 23.0 Å². The van der Waals surface area contributed by atoms with Crippen molar-refractivity contribution in [1.29, 1.82) is 0 Å². The van der Waals surface area contributed by atoms with Crippen molar-refractivity contribution in [3.8, 4) is 0 Å². The summed E-state index contributed by atoms with van der Waals surface area (Å²) in [5.74, 6) is -0.881. The monoisotopic (exact) mass is 304 g/mol. The van der Waals surface area contributed by atoms with E-state index < -0.39 is 5.97 Å². The van der Waals surface area contributed by atoms with E-state index in [1.54, 1.807) is 16.2 Å². The van der Waals surface area contributed by atoms with Crippen LogP contribution in [0.4, 0.5) is 10.5 Å². The first-order chi connectivity index (χ1) is 10.1. The Labute approximate surface area is 126 Å². The minimum Gasteiger partial charge on any atom is -0.481 e. The quantitative estimate of drug-likeness (QED) is 0.889. The standard InChI is InChI=1S/C15H16N2O3S/c18-14(19)5-7-17(12-2-3-12)15(20)16-11-1-4-13-10(9-11)6-8-21-13/h1,4,6,8-9,12H,2-3,5,7H2,(H,16,20)(H,18,19). The summed E-state index contributed by atoms with van der Waals surface area (Å²) < 4.78 is 1.18. The maximum atomic E-state index is 12.3. The Morgan fingerprint density at radius 2 is 2.14 bits per heavy atom. The predicted molar refractivity (Wildman–Crippen MR) is 82.8 cm³/mol. The molecule has 2 amide bonds. The number of carboxylic acids is 1. The molecule has 110 valence electrons. The van der Waals surface area contributed by atoms with Crippen LogP contribution in [0.3, 0.4) is 0 Å². The van der Waals surface area contributed by atoms with E-state index in [0.29, 0.717) is 0 Å². The van der Waals surface area contributed by atoms with Crippen molar-refractivity contribution >= 4 is 39.1 Å². The Balaban J connectivity index is 1.69. The van der Waals surface area contributed by atoms with E-state index in [2.05, 4.69) is 5.32 Å². The van der Waals surface area contributed by atoms with Crippen LogP contribution < -0.4 is 5.32 Å². The summed E-state index contributed by atoms with van der Waals surface area (Å²) in [7, 11) is 0. The lowest BCUT2D eigenvalue weighted by atomic mass is 10.2. The molecule has 2 N–H and O–H groups in total. The van der Waals surface area contributed by atoms with Crippen molar-refractivity contribution < 1.29 is 14.7 Å². The second-order valence-corrected chi connectivity index (χ2v) is 6.12. The third-order valence-corrected chi connectivity index (χ3v) is 4.42. The molecule has 1 heterocycles. The number of thiophene rings is 1. The predicted octanol–water partition coefficient (Wildman–Crippen LogP) is 3.37. The number of nitrogens with one attached hydrogen (secondary N) is 1. The van der Waals surface area contributed by atoms with Gasteiger partial charge >= 0.3 is 12.0 Å². The highest BCUT2D eigenvalue weighted by molar-refractivity contribution is 7.17. The van der Waals surface area contributed by atoms with E-state index in [1.807, 2.05) is 29.6 Å². The Hall–Kier alpha value is -2.08. The van der Waals surface area contributed by atoms with Crippen molar-refractivity contribution in [3.05, 3.63) is 29.6 Å². The molecule has 0 saturated heterocycles. The van der Waals surface area contributed by atoms with E-state index in [0.717, 1.165) is 23.9 Å². The van der Waals surface area contributed by atoms with Gasteiger partial charge in [-0.05, 0) is 47.9 Å². The van der Waals surface area contributed by atoms with Crippen LogP contribution >= 0.6 is 11.3 Å². The molecule has 3 rings (SSSR count). The number of benzene rings is 1. The summed E-state index contributed by atoms with van der Waals surface area (Å²) in [4.78, 5) is 24.6. The molecule has 21 heavy (non-hydrogen) atoms. The number of carbonyl (C=O) groups is 2. The van der Waals surface area contributed by atoms with E-state index in [-0.39, 0.29) is 25.0 Å². The van der Waals surface area contributed by atoms with Gasteiger partial charge in [-0.3, -0.25) is 4.79 Å². The van der Waals surface area contributed by atoms with Crippen LogP contribution in [0.25, 0.3) is 10.1 Å². The number of carboxylic acid groups (broad SMARTS) is 1. The maximum absolute atomic E-state index is 12.3. The third-order valence-electron chi connectivity index (χ3n) is 3.52. The topological polar surface area (TPSA) is 69.6 Å². The van der Waals surface area contributed by atoms with E-state index in [1.165, 1.54) is 4.70 Å². The van der Waals surface area contributed by atoms with Crippen LogP contribution in [0.2, 0.25) is 0 Å². The largest absolute Gasteiger partial charge is 0.481 e.